The van der Waals surface area contributed by atoms with Gasteiger partial charge in [-0.15, -0.1) is 0 Å². The topological polar surface area (TPSA) is 78.5 Å². The molecule has 196 valence electrons. The summed E-state index contributed by atoms with van der Waals surface area (Å²) in [5, 5.41) is 0.277. The van der Waals surface area contributed by atoms with Gasteiger partial charge in [0.2, 0.25) is 0 Å². The molecule has 0 spiro atoms. The lowest BCUT2D eigenvalue weighted by Crippen LogP contribution is -2.25. The summed E-state index contributed by atoms with van der Waals surface area (Å²) in [5.74, 6) is 0.0133. The van der Waals surface area contributed by atoms with Crippen molar-refractivity contribution in [3.05, 3.63) is 96.8 Å². The number of pyridine rings is 1. The molecule has 2 aliphatic rings. The minimum Gasteiger partial charge on any atom is -0.373 e. The normalized spacial score (nSPS) is 19.7. The Hall–Kier alpha value is -3.36. The number of hydrogen-bond donors (Lipinski definition) is 0. The first-order valence-electron chi connectivity index (χ1n) is 13.0. The van der Waals surface area contributed by atoms with Crippen LogP contribution in [0.5, 0.6) is 0 Å². The summed E-state index contributed by atoms with van der Waals surface area (Å²) in [7, 11) is 0. The van der Waals surface area contributed by atoms with Crippen LogP contribution in [0.1, 0.15) is 60.2 Å². The maximum Gasteiger partial charge on any atom is 0.261 e. The predicted molar refractivity (Wildman–Crippen MR) is 143 cm³/mol. The highest BCUT2D eigenvalue weighted by Gasteiger charge is 2.29. The molecule has 1 saturated carbocycles. The van der Waals surface area contributed by atoms with Crippen molar-refractivity contribution in [2.75, 3.05) is 6.61 Å². The van der Waals surface area contributed by atoms with Crippen molar-refractivity contribution < 1.29 is 9.13 Å². The third-order valence-corrected chi connectivity index (χ3v) is 7.95. The molecular weight excluding hydrogens is 507 g/mol. The number of ether oxygens (including phenoxy) is 1. The van der Waals surface area contributed by atoms with Gasteiger partial charge in [0.15, 0.2) is 5.65 Å². The van der Waals surface area contributed by atoms with Crippen LogP contribution in [0.15, 0.2) is 52.3 Å². The van der Waals surface area contributed by atoms with Gasteiger partial charge in [0, 0.05) is 59.4 Å². The lowest BCUT2D eigenvalue weighted by molar-refractivity contribution is 0.00417. The van der Waals surface area contributed by atoms with Crippen molar-refractivity contribution in [3.8, 4) is 11.3 Å². The van der Waals surface area contributed by atoms with Crippen LogP contribution in [-0.4, -0.2) is 25.5 Å². The van der Waals surface area contributed by atoms with Crippen LogP contribution >= 0.6 is 11.6 Å². The molecule has 1 saturated heterocycles. The molecule has 0 amide bonds. The fourth-order valence-corrected chi connectivity index (χ4v) is 5.33. The van der Waals surface area contributed by atoms with E-state index in [1.54, 1.807) is 42.8 Å². The Labute approximate surface area is 223 Å². The van der Waals surface area contributed by atoms with E-state index in [4.69, 9.17) is 21.3 Å². The number of aryl methyl sites for hydroxylation is 1. The van der Waals surface area contributed by atoms with E-state index in [1.807, 2.05) is 12.3 Å². The van der Waals surface area contributed by atoms with Crippen molar-refractivity contribution in [2.45, 2.75) is 58.1 Å². The van der Waals surface area contributed by atoms with Gasteiger partial charge in [-0.05, 0) is 75.3 Å². The monoisotopic (exact) mass is 534 g/mol. The second-order valence-electron chi connectivity index (χ2n) is 10.4. The second kappa shape index (κ2) is 9.75. The molecule has 1 aliphatic carbocycles. The Balaban J connectivity index is 1.42. The van der Waals surface area contributed by atoms with Crippen LogP contribution in [0.25, 0.3) is 16.9 Å². The van der Waals surface area contributed by atoms with Crippen molar-refractivity contribution in [2.24, 2.45) is 5.92 Å². The standard InChI is InChI=1S/C29H28ClFN4O3/c1-16-17(2)32-28-27(22-7-6-21(30)12-23(22)31)33-24(15-35(28)29(16)37)19-9-10-38-25(11-19)20-5-8-26(36)34(14-20)13-18-3-4-18/h5-8,12,14-15,18-19,25H,3-4,9-11,13H2,1-2H3/t19-,25+/m1/s1. The minimum absolute atomic E-state index is 0.00335. The van der Waals surface area contributed by atoms with Gasteiger partial charge in [0.05, 0.1) is 11.8 Å². The SMILES string of the molecule is Cc1nc2c(-c3ccc(Cl)cc3F)nc([C@@H]3CCO[C@H](c4ccc(=O)n(CC5CC5)c4)C3)cn2c(=O)c1C. The van der Waals surface area contributed by atoms with E-state index < -0.39 is 5.82 Å². The van der Waals surface area contributed by atoms with E-state index >= 15 is 4.39 Å². The first-order chi connectivity index (χ1) is 18.3. The smallest absolute Gasteiger partial charge is 0.261 e. The average Bonchev–Trinajstić information content (AvgIpc) is 3.73. The Bertz CT molecular complexity index is 1680. The maximum absolute atomic E-state index is 15.1. The van der Waals surface area contributed by atoms with E-state index in [2.05, 4.69) is 4.98 Å². The summed E-state index contributed by atoms with van der Waals surface area (Å²) < 4.78 is 24.5. The molecule has 0 unspecified atom stereocenters. The minimum atomic E-state index is -0.528. The highest BCUT2D eigenvalue weighted by Crippen LogP contribution is 2.38. The highest BCUT2D eigenvalue weighted by molar-refractivity contribution is 6.30. The molecule has 4 aromatic rings. The Kier molecular flexibility index (Phi) is 6.40. The van der Waals surface area contributed by atoms with E-state index in [1.165, 1.54) is 10.5 Å². The van der Waals surface area contributed by atoms with Crippen molar-refractivity contribution >= 4 is 17.2 Å². The van der Waals surface area contributed by atoms with Crippen LogP contribution < -0.4 is 11.1 Å². The molecule has 0 radical (unpaired) electrons. The number of rotatable bonds is 5. The molecule has 2 atom stereocenters. The third-order valence-electron chi connectivity index (χ3n) is 7.72. The lowest BCUT2D eigenvalue weighted by atomic mass is 9.90. The Morgan fingerprint density at radius 1 is 1.08 bits per heavy atom. The van der Waals surface area contributed by atoms with E-state index in [0.29, 0.717) is 53.7 Å². The van der Waals surface area contributed by atoms with Gasteiger partial charge in [-0.2, -0.15) is 0 Å². The molecule has 38 heavy (non-hydrogen) atoms. The quantitative estimate of drug-likeness (QED) is 0.344. The number of aromatic nitrogens is 4. The molecule has 9 heteroatoms. The van der Waals surface area contributed by atoms with Crippen LogP contribution in [-0.2, 0) is 11.3 Å². The first kappa shape index (κ1) is 24.9. The van der Waals surface area contributed by atoms with E-state index in [9.17, 15) is 9.59 Å². The molecule has 6 rings (SSSR count). The number of fused-ring (bicyclic) bond motifs is 1. The van der Waals surface area contributed by atoms with Gasteiger partial charge in [0.1, 0.15) is 11.5 Å². The number of hydrogen-bond acceptors (Lipinski definition) is 5. The Morgan fingerprint density at radius 3 is 2.66 bits per heavy atom. The largest absolute Gasteiger partial charge is 0.373 e. The van der Waals surface area contributed by atoms with Gasteiger partial charge in [-0.1, -0.05) is 11.6 Å². The van der Waals surface area contributed by atoms with Crippen molar-refractivity contribution in [1.29, 1.82) is 0 Å². The predicted octanol–water partition coefficient (Wildman–Crippen LogP) is 5.37. The second-order valence-corrected chi connectivity index (χ2v) is 10.9. The molecule has 4 heterocycles. The van der Waals surface area contributed by atoms with Gasteiger partial charge in [-0.25, -0.2) is 14.4 Å². The van der Waals surface area contributed by atoms with Crippen LogP contribution in [0.4, 0.5) is 4.39 Å². The highest BCUT2D eigenvalue weighted by atomic mass is 35.5. The van der Waals surface area contributed by atoms with Crippen LogP contribution in [0, 0.1) is 25.6 Å². The summed E-state index contributed by atoms with van der Waals surface area (Å²) >= 11 is 6.01. The third kappa shape index (κ3) is 4.67. The van der Waals surface area contributed by atoms with Crippen LogP contribution in [0.3, 0.4) is 0 Å². The lowest BCUT2D eigenvalue weighted by Gasteiger charge is -2.30. The Morgan fingerprint density at radius 2 is 1.89 bits per heavy atom. The summed E-state index contributed by atoms with van der Waals surface area (Å²) in [4.78, 5) is 35.1. The van der Waals surface area contributed by atoms with Crippen LogP contribution in [0.2, 0.25) is 5.02 Å². The van der Waals surface area contributed by atoms with Crippen molar-refractivity contribution in [3.63, 3.8) is 0 Å². The molecule has 1 aromatic carbocycles. The number of halogens is 2. The maximum atomic E-state index is 15.1. The summed E-state index contributed by atoms with van der Waals surface area (Å²) in [6.45, 7) is 4.74. The molecule has 2 fully saturated rings. The van der Waals surface area contributed by atoms with Crippen molar-refractivity contribution in [1.82, 2.24) is 18.9 Å². The zero-order valence-corrected chi connectivity index (χ0v) is 22.0. The molecule has 0 bridgehead atoms. The van der Waals surface area contributed by atoms with E-state index in [0.717, 1.165) is 24.9 Å². The zero-order chi connectivity index (χ0) is 26.6. The fraction of sp³-hybridized carbons (Fsp3) is 0.379. The number of nitrogens with zero attached hydrogens (tertiary/aromatic N) is 4. The molecule has 3 aromatic heterocycles. The van der Waals surface area contributed by atoms with Gasteiger partial charge >= 0.3 is 0 Å². The molecule has 7 nitrogen and oxygen atoms in total. The van der Waals surface area contributed by atoms with Gasteiger partial charge in [0.25, 0.3) is 11.1 Å². The molecule has 1 aliphatic heterocycles. The molecular formula is C29H28ClFN4O3. The summed E-state index contributed by atoms with van der Waals surface area (Å²) in [5.41, 5.74) is 3.37. The van der Waals surface area contributed by atoms with Gasteiger partial charge in [-0.3, -0.25) is 14.0 Å². The fourth-order valence-electron chi connectivity index (χ4n) is 5.17. The zero-order valence-electron chi connectivity index (χ0n) is 21.3. The number of benzene rings is 1. The summed E-state index contributed by atoms with van der Waals surface area (Å²) in [6, 6.07) is 7.85. The average molecular weight is 535 g/mol. The first-order valence-corrected chi connectivity index (χ1v) is 13.3. The van der Waals surface area contributed by atoms with E-state index in [-0.39, 0.29) is 33.7 Å². The molecule has 0 N–H and O–H groups in total. The summed E-state index contributed by atoms with van der Waals surface area (Å²) in [6.07, 6.45) is 7.07. The van der Waals surface area contributed by atoms with Gasteiger partial charge < -0.3 is 9.30 Å².